The summed E-state index contributed by atoms with van der Waals surface area (Å²) in [7, 11) is 0. The molecule has 74 valence electrons. The predicted octanol–water partition coefficient (Wildman–Crippen LogP) is 2.89. The zero-order chi connectivity index (χ0) is 10.4. The van der Waals surface area contributed by atoms with E-state index in [1.165, 1.54) is 0 Å². The zero-order valence-electron chi connectivity index (χ0n) is 8.43. The molecule has 0 saturated carbocycles. The second-order valence-corrected chi connectivity index (χ2v) is 3.19. The molecule has 0 aromatic heterocycles. The Morgan fingerprint density at radius 3 is 2.43 bits per heavy atom. The van der Waals surface area contributed by atoms with Crippen molar-refractivity contribution in [2.45, 2.75) is 18.9 Å². The van der Waals surface area contributed by atoms with Crippen LogP contribution in [-0.2, 0) is 0 Å². The van der Waals surface area contributed by atoms with E-state index in [4.69, 9.17) is 0 Å². The molecule has 1 N–H and O–H groups in total. The fourth-order valence-electron chi connectivity index (χ4n) is 1.46. The minimum Gasteiger partial charge on any atom is -0.388 e. The molecule has 0 radical (unpaired) electrons. The molecular formula is C13H16O. The van der Waals surface area contributed by atoms with Gasteiger partial charge < -0.3 is 5.11 Å². The molecule has 2 atom stereocenters. The second-order valence-electron chi connectivity index (χ2n) is 3.19. The van der Waals surface area contributed by atoms with Crippen molar-refractivity contribution in [1.82, 2.24) is 0 Å². The Kier molecular flexibility index (Phi) is 4.14. The Hall–Kier alpha value is -1.34. The molecule has 0 amide bonds. The first-order chi connectivity index (χ1) is 6.79. The number of rotatable bonds is 4. The van der Waals surface area contributed by atoms with Crippen LogP contribution in [0, 0.1) is 0 Å². The van der Waals surface area contributed by atoms with Gasteiger partial charge in [-0.3, -0.25) is 0 Å². The Morgan fingerprint density at radius 2 is 1.93 bits per heavy atom. The Labute approximate surface area is 85.4 Å². The average Bonchev–Trinajstić information content (AvgIpc) is 2.21. The van der Waals surface area contributed by atoms with Crippen molar-refractivity contribution in [3.8, 4) is 0 Å². The Bertz CT molecular complexity index is 300. The van der Waals surface area contributed by atoms with Gasteiger partial charge in [-0.25, -0.2) is 0 Å². The van der Waals surface area contributed by atoms with E-state index in [9.17, 15) is 5.11 Å². The molecule has 0 aliphatic rings. The van der Waals surface area contributed by atoms with Crippen molar-refractivity contribution in [2.75, 3.05) is 0 Å². The van der Waals surface area contributed by atoms with E-state index in [0.29, 0.717) is 0 Å². The summed E-state index contributed by atoms with van der Waals surface area (Å²) in [6.45, 7) is 5.64. The van der Waals surface area contributed by atoms with Crippen molar-refractivity contribution in [2.24, 2.45) is 0 Å². The van der Waals surface area contributed by atoms with Crippen LogP contribution in [0.1, 0.15) is 18.4 Å². The molecule has 14 heavy (non-hydrogen) atoms. The molecule has 0 spiro atoms. The first-order valence-electron chi connectivity index (χ1n) is 4.78. The summed E-state index contributed by atoms with van der Waals surface area (Å²) in [5, 5.41) is 9.80. The van der Waals surface area contributed by atoms with Crippen LogP contribution in [0.5, 0.6) is 0 Å². The third-order valence-electron chi connectivity index (χ3n) is 2.20. The van der Waals surface area contributed by atoms with Crippen LogP contribution < -0.4 is 0 Å². The molecule has 0 heterocycles. The van der Waals surface area contributed by atoms with Gasteiger partial charge in [0.2, 0.25) is 0 Å². The van der Waals surface area contributed by atoms with Crippen molar-refractivity contribution in [3.63, 3.8) is 0 Å². The summed E-state index contributed by atoms with van der Waals surface area (Å²) >= 11 is 0. The fraction of sp³-hybridized carbons (Fsp3) is 0.231. The molecule has 0 fully saturated rings. The predicted molar refractivity (Wildman–Crippen MR) is 60.2 cm³/mol. The maximum atomic E-state index is 9.80. The molecule has 0 bridgehead atoms. The maximum absolute atomic E-state index is 9.80. The highest BCUT2D eigenvalue weighted by atomic mass is 16.3. The van der Waals surface area contributed by atoms with Gasteiger partial charge in [0.15, 0.2) is 0 Å². The SMILES string of the molecule is C=C[C@H](c1ccccc1)[C@H](O)/C=C/C. The molecule has 0 aliphatic carbocycles. The number of hydrogen-bond donors (Lipinski definition) is 1. The first-order valence-corrected chi connectivity index (χ1v) is 4.78. The Balaban J connectivity index is 2.87. The molecule has 1 heteroatoms. The molecule has 1 aromatic rings. The average molecular weight is 188 g/mol. The first kappa shape index (κ1) is 10.7. The summed E-state index contributed by atoms with van der Waals surface area (Å²) in [5.74, 6) is -0.0209. The van der Waals surface area contributed by atoms with Gasteiger partial charge in [0.1, 0.15) is 0 Å². The summed E-state index contributed by atoms with van der Waals surface area (Å²) in [4.78, 5) is 0. The fourth-order valence-corrected chi connectivity index (χ4v) is 1.46. The van der Waals surface area contributed by atoms with Crippen LogP contribution in [0.15, 0.2) is 55.1 Å². The lowest BCUT2D eigenvalue weighted by molar-refractivity contribution is 0.207. The monoisotopic (exact) mass is 188 g/mol. The smallest absolute Gasteiger partial charge is 0.0823 e. The van der Waals surface area contributed by atoms with E-state index in [-0.39, 0.29) is 5.92 Å². The van der Waals surface area contributed by atoms with E-state index in [1.807, 2.05) is 43.3 Å². The van der Waals surface area contributed by atoms with Crippen LogP contribution >= 0.6 is 0 Å². The van der Waals surface area contributed by atoms with Crippen molar-refractivity contribution in [1.29, 1.82) is 0 Å². The van der Waals surface area contributed by atoms with E-state index in [1.54, 1.807) is 12.2 Å². The molecule has 1 aromatic carbocycles. The lowest BCUT2D eigenvalue weighted by Gasteiger charge is -2.16. The van der Waals surface area contributed by atoms with E-state index >= 15 is 0 Å². The highest BCUT2D eigenvalue weighted by Gasteiger charge is 2.14. The minimum atomic E-state index is -0.486. The maximum Gasteiger partial charge on any atom is 0.0823 e. The van der Waals surface area contributed by atoms with Crippen LogP contribution in [-0.4, -0.2) is 11.2 Å². The lowest BCUT2D eigenvalue weighted by Crippen LogP contribution is -2.13. The third-order valence-corrected chi connectivity index (χ3v) is 2.20. The minimum absolute atomic E-state index is 0.0209. The standard InChI is InChI=1S/C13H16O/c1-3-8-13(14)12(4-2)11-9-6-5-7-10-11/h3-10,12-14H,2H2,1H3/b8-3+/t12-,13-/m1/s1. The van der Waals surface area contributed by atoms with Crippen molar-refractivity contribution >= 4 is 0 Å². The largest absolute Gasteiger partial charge is 0.388 e. The van der Waals surface area contributed by atoms with E-state index in [0.717, 1.165) is 5.56 Å². The number of aliphatic hydroxyl groups excluding tert-OH is 1. The zero-order valence-corrected chi connectivity index (χ0v) is 8.43. The normalized spacial score (nSPS) is 15.3. The van der Waals surface area contributed by atoms with Gasteiger partial charge in [0, 0.05) is 5.92 Å². The highest BCUT2D eigenvalue weighted by Crippen LogP contribution is 2.21. The summed E-state index contributed by atoms with van der Waals surface area (Å²) in [6, 6.07) is 9.90. The third kappa shape index (κ3) is 2.57. The summed E-state index contributed by atoms with van der Waals surface area (Å²) in [6.07, 6.45) is 4.92. The van der Waals surface area contributed by atoms with Gasteiger partial charge in [-0.1, -0.05) is 48.6 Å². The highest BCUT2D eigenvalue weighted by molar-refractivity contribution is 5.26. The Morgan fingerprint density at radius 1 is 1.29 bits per heavy atom. The van der Waals surface area contributed by atoms with Gasteiger partial charge in [0.05, 0.1) is 6.10 Å². The lowest BCUT2D eigenvalue weighted by atomic mass is 9.93. The number of benzene rings is 1. The van der Waals surface area contributed by atoms with Crippen LogP contribution in [0.4, 0.5) is 0 Å². The molecule has 0 unspecified atom stereocenters. The number of allylic oxidation sites excluding steroid dienone is 1. The molecule has 0 saturated heterocycles. The molecule has 1 rings (SSSR count). The van der Waals surface area contributed by atoms with Crippen molar-refractivity contribution in [3.05, 3.63) is 60.7 Å². The van der Waals surface area contributed by atoms with Crippen molar-refractivity contribution < 1.29 is 5.11 Å². The van der Waals surface area contributed by atoms with Crippen LogP contribution in [0.2, 0.25) is 0 Å². The quantitative estimate of drug-likeness (QED) is 0.720. The van der Waals surface area contributed by atoms with Gasteiger partial charge in [-0.05, 0) is 12.5 Å². The number of aliphatic hydroxyl groups is 1. The van der Waals surface area contributed by atoms with E-state index < -0.39 is 6.10 Å². The van der Waals surface area contributed by atoms with E-state index in [2.05, 4.69) is 6.58 Å². The van der Waals surface area contributed by atoms with Crippen LogP contribution in [0.25, 0.3) is 0 Å². The number of hydrogen-bond acceptors (Lipinski definition) is 1. The van der Waals surface area contributed by atoms with Gasteiger partial charge in [-0.15, -0.1) is 6.58 Å². The van der Waals surface area contributed by atoms with Gasteiger partial charge in [0.25, 0.3) is 0 Å². The topological polar surface area (TPSA) is 20.2 Å². The summed E-state index contributed by atoms with van der Waals surface area (Å²) in [5.41, 5.74) is 1.09. The van der Waals surface area contributed by atoms with Gasteiger partial charge >= 0.3 is 0 Å². The molecule has 1 nitrogen and oxygen atoms in total. The van der Waals surface area contributed by atoms with Crippen LogP contribution in [0.3, 0.4) is 0 Å². The molecule has 0 aliphatic heterocycles. The van der Waals surface area contributed by atoms with Gasteiger partial charge in [-0.2, -0.15) is 0 Å². The summed E-state index contributed by atoms with van der Waals surface area (Å²) < 4.78 is 0. The second kappa shape index (κ2) is 5.40. The molecular weight excluding hydrogens is 172 g/mol.